The van der Waals surface area contributed by atoms with Crippen LogP contribution in [0.5, 0.6) is 0 Å². The van der Waals surface area contributed by atoms with Crippen molar-refractivity contribution in [3.63, 3.8) is 0 Å². The molecule has 0 saturated heterocycles. The number of nitrogens with zero attached hydrogens (tertiary/aromatic N) is 1. The highest BCUT2D eigenvalue weighted by Gasteiger charge is 2.09. The van der Waals surface area contributed by atoms with Gasteiger partial charge in [0.25, 0.3) is 0 Å². The van der Waals surface area contributed by atoms with E-state index in [0.717, 1.165) is 5.69 Å². The fraction of sp³-hybridized carbons (Fsp3) is 0.444. The van der Waals surface area contributed by atoms with E-state index in [1.54, 1.807) is 13.3 Å². The van der Waals surface area contributed by atoms with E-state index >= 15 is 0 Å². The van der Waals surface area contributed by atoms with Crippen LogP contribution in [-0.4, -0.2) is 30.4 Å². The van der Waals surface area contributed by atoms with E-state index in [-0.39, 0.29) is 12.5 Å². The lowest BCUT2D eigenvalue weighted by atomic mass is 10.1. The Morgan fingerprint density at radius 2 is 2.42 bits per heavy atom. The van der Waals surface area contributed by atoms with Gasteiger partial charge in [-0.15, -0.1) is 0 Å². The second-order valence-electron chi connectivity index (χ2n) is 2.59. The van der Waals surface area contributed by atoms with Crippen LogP contribution < -0.4 is 0 Å². The molecule has 3 heteroatoms. The predicted molar refractivity (Wildman–Crippen MR) is 45.9 cm³/mol. The quantitative estimate of drug-likeness (QED) is 0.721. The van der Waals surface area contributed by atoms with Crippen molar-refractivity contribution in [3.8, 4) is 0 Å². The zero-order valence-electron chi connectivity index (χ0n) is 7.10. The van der Waals surface area contributed by atoms with Crippen LogP contribution in [0.4, 0.5) is 0 Å². The van der Waals surface area contributed by atoms with Crippen molar-refractivity contribution in [3.05, 3.63) is 30.1 Å². The van der Waals surface area contributed by atoms with Crippen molar-refractivity contribution in [1.82, 2.24) is 4.98 Å². The molecule has 0 aliphatic carbocycles. The van der Waals surface area contributed by atoms with Crippen LogP contribution >= 0.6 is 0 Å². The summed E-state index contributed by atoms with van der Waals surface area (Å²) < 4.78 is 4.95. The smallest absolute Gasteiger partial charge is 0.0568 e. The summed E-state index contributed by atoms with van der Waals surface area (Å²) in [4.78, 5) is 4.13. The Balaban J connectivity index is 2.66. The molecule has 0 radical (unpaired) electrons. The average Bonchev–Trinajstić information content (AvgIpc) is 2.15. The molecule has 66 valence electrons. The van der Waals surface area contributed by atoms with Crippen LogP contribution in [0.1, 0.15) is 11.6 Å². The van der Waals surface area contributed by atoms with E-state index in [9.17, 15) is 0 Å². The van der Waals surface area contributed by atoms with Crippen LogP contribution in [0.2, 0.25) is 0 Å². The Morgan fingerprint density at radius 3 is 2.92 bits per heavy atom. The number of pyridine rings is 1. The summed E-state index contributed by atoms with van der Waals surface area (Å²) in [5.41, 5.74) is 0.877. The van der Waals surface area contributed by atoms with Gasteiger partial charge in [-0.3, -0.25) is 4.98 Å². The standard InChI is InChI=1S/C9H13NO2/c1-12-7-8(6-11)9-4-2-3-5-10-9/h2-5,8,11H,6-7H2,1H3. The number of ether oxygens (including phenoxy) is 1. The maximum atomic E-state index is 8.99. The molecule has 3 nitrogen and oxygen atoms in total. The van der Waals surface area contributed by atoms with E-state index in [1.807, 2.05) is 18.2 Å². The summed E-state index contributed by atoms with van der Waals surface area (Å²) in [5.74, 6) is -0.00352. The van der Waals surface area contributed by atoms with Gasteiger partial charge in [0.15, 0.2) is 0 Å². The first-order valence-corrected chi connectivity index (χ1v) is 3.89. The van der Waals surface area contributed by atoms with Crippen molar-refractivity contribution < 1.29 is 9.84 Å². The topological polar surface area (TPSA) is 42.4 Å². The van der Waals surface area contributed by atoms with Gasteiger partial charge in [-0.05, 0) is 12.1 Å². The Hall–Kier alpha value is -0.930. The maximum Gasteiger partial charge on any atom is 0.0568 e. The molecule has 0 amide bonds. The molecule has 0 saturated carbocycles. The van der Waals surface area contributed by atoms with Gasteiger partial charge < -0.3 is 9.84 Å². The minimum atomic E-state index is -0.00352. The molecule has 0 spiro atoms. The van der Waals surface area contributed by atoms with Crippen LogP contribution in [0.15, 0.2) is 24.4 Å². The molecule has 0 fully saturated rings. The minimum Gasteiger partial charge on any atom is -0.396 e. The van der Waals surface area contributed by atoms with Crippen molar-refractivity contribution in [2.75, 3.05) is 20.3 Å². The van der Waals surface area contributed by atoms with Gasteiger partial charge in [0.2, 0.25) is 0 Å². The van der Waals surface area contributed by atoms with Crippen molar-refractivity contribution in [2.45, 2.75) is 5.92 Å². The van der Waals surface area contributed by atoms with Crippen molar-refractivity contribution >= 4 is 0 Å². The second-order valence-corrected chi connectivity index (χ2v) is 2.59. The van der Waals surface area contributed by atoms with E-state index in [4.69, 9.17) is 9.84 Å². The molecule has 12 heavy (non-hydrogen) atoms. The van der Waals surface area contributed by atoms with Crippen LogP contribution in [0.3, 0.4) is 0 Å². The molecule has 0 aliphatic rings. The Morgan fingerprint density at radius 1 is 1.58 bits per heavy atom. The fourth-order valence-corrected chi connectivity index (χ4v) is 1.05. The third-order valence-electron chi connectivity index (χ3n) is 1.69. The normalized spacial score (nSPS) is 12.8. The van der Waals surface area contributed by atoms with E-state index in [2.05, 4.69) is 4.98 Å². The Labute approximate surface area is 72.0 Å². The lowest BCUT2D eigenvalue weighted by Gasteiger charge is -2.11. The zero-order chi connectivity index (χ0) is 8.81. The highest BCUT2D eigenvalue weighted by molar-refractivity contribution is 5.09. The third-order valence-corrected chi connectivity index (χ3v) is 1.69. The number of hydrogen-bond acceptors (Lipinski definition) is 3. The van der Waals surface area contributed by atoms with E-state index in [1.165, 1.54) is 0 Å². The van der Waals surface area contributed by atoms with Gasteiger partial charge >= 0.3 is 0 Å². The lowest BCUT2D eigenvalue weighted by Crippen LogP contribution is -2.11. The van der Waals surface area contributed by atoms with Crippen molar-refractivity contribution in [2.24, 2.45) is 0 Å². The minimum absolute atomic E-state index is 0.00352. The third kappa shape index (κ3) is 2.29. The lowest BCUT2D eigenvalue weighted by molar-refractivity contribution is 0.142. The summed E-state index contributed by atoms with van der Waals surface area (Å²) in [6, 6.07) is 5.64. The van der Waals surface area contributed by atoms with E-state index < -0.39 is 0 Å². The Kier molecular flexibility index (Phi) is 3.70. The number of aliphatic hydroxyl groups excluding tert-OH is 1. The average molecular weight is 167 g/mol. The molecular weight excluding hydrogens is 154 g/mol. The van der Waals surface area contributed by atoms with Gasteiger partial charge in [0, 0.05) is 24.9 Å². The molecule has 1 aromatic heterocycles. The molecule has 1 aromatic rings. The number of aromatic nitrogens is 1. The molecule has 1 N–H and O–H groups in total. The molecule has 1 unspecified atom stereocenters. The second kappa shape index (κ2) is 4.85. The fourth-order valence-electron chi connectivity index (χ4n) is 1.05. The highest BCUT2D eigenvalue weighted by atomic mass is 16.5. The summed E-state index contributed by atoms with van der Waals surface area (Å²) in [5, 5.41) is 8.99. The molecule has 0 bridgehead atoms. The summed E-state index contributed by atoms with van der Waals surface area (Å²) in [6.07, 6.45) is 1.72. The molecular formula is C9H13NO2. The summed E-state index contributed by atoms with van der Waals surface area (Å²) in [6.45, 7) is 0.582. The Bertz CT molecular complexity index is 213. The SMILES string of the molecule is COCC(CO)c1ccccn1. The zero-order valence-corrected chi connectivity index (χ0v) is 7.10. The van der Waals surface area contributed by atoms with E-state index in [0.29, 0.717) is 6.61 Å². The maximum absolute atomic E-state index is 8.99. The highest BCUT2D eigenvalue weighted by Crippen LogP contribution is 2.11. The monoisotopic (exact) mass is 167 g/mol. The molecule has 0 aromatic carbocycles. The predicted octanol–water partition coefficient (Wildman–Crippen LogP) is 0.804. The molecule has 1 heterocycles. The molecule has 1 atom stereocenters. The van der Waals surface area contributed by atoms with Gasteiger partial charge in [-0.1, -0.05) is 6.07 Å². The molecule has 1 rings (SSSR count). The van der Waals surface area contributed by atoms with Crippen LogP contribution in [-0.2, 0) is 4.74 Å². The van der Waals surface area contributed by atoms with Crippen LogP contribution in [0, 0.1) is 0 Å². The largest absolute Gasteiger partial charge is 0.396 e. The summed E-state index contributed by atoms with van der Waals surface area (Å²) >= 11 is 0. The first-order chi connectivity index (χ1) is 5.88. The van der Waals surface area contributed by atoms with Crippen LogP contribution in [0.25, 0.3) is 0 Å². The number of hydrogen-bond donors (Lipinski definition) is 1. The number of rotatable bonds is 4. The van der Waals surface area contributed by atoms with Gasteiger partial charge in [0.05, 0.1) is 13.2 Å². The van der Waals surface area contributed by atoms with Crippen molar-refractivity contribution in [1.29, 1.82) is 0 Å². The first kappa shape index (κ1) is 9.16. The number of aliphatic hydroxyl groups is 1. The van der Waals surface area contributed by atoms with Gasteiger partial charge in [0.1, 0.15) is 0 Å². The molecule has 0 aliphatic heterocycles. The summed E-state index contributed by atoms with van der Waals surface area (Å²) in [7, 11) is 1.62. The van der Waals surface area contributed by atoms with Gasteiger partial charge in [-0.2, -0.15) is 0 Å². The van der Waals surface area contributed by atoms with Gasteiger partial charge in [-0.25, -0.2) is 0 Å². The number of methoxy groups -OCH3 is 1. The first-order valence-electron chi connectivity index (χ1n) is 3.89.